The van der Waals surface area contributed by atoms with Crippen LogP contribution in [-0.4, -0.2) is 15.3 Å². The molecule has 0 radical (unpaired) electrons. The summed E-state index contributed by atoms with van der Waals surface area (Å²) in [6, 6.07) is 2.66. The monoisotopic (exact) mass is 308 g/mol. The molecule has 0 bridgehead atoms. The Labute approximate surface area is 124 Å². The highest BCUT2D eigenvalue weighted by atomic mass is 19.3. The Morgan fingerprint density at radius 2 is 2.14 bits per heavy atom. The van der Waals surface area contributed by atoms with E-state index >= 15 is 0 Å². The zero-order valence-electron chi connectivity index (χ0n) is 12.0. The van der Waals surface area contributed by atoms with Crippen LogP contribution >= 0.6 is 0 Å². The quantitative estimate of drug-likeness (QED) is 0.628. The van der Waals surface area contributed by atoms with Gasteiger partial charge in [0, 0.05) is 17.7 Å². The standard InChI is InChI=1S/C15H14F2N2O3/c1-9(2)13-18-11(8-22-13)12(20)6-5-10-4-3-7-19(14(10)21)15(16)17/h3-9,15H,1-2H3/b6-5+. The summed E-state index contributed by atoms with van der Waals surface area (Å²) in [5, 5.41) is 0. The molecule has 0 aliphatic heterocycles. The fourth-order valence-corrected chi connectivity index (χ4v) is 1.72. The van der Waals surface area contributed by atoms with Crippen LogP contribution in [0.4, 0.5) is 8.78 Å². The molecule has 22 heavy (non-hydrogen) atoms. The maximum atomic E-state index is 12.6. The molecule has 2 aromatic rings. The highest BCUT2D eigenvalue weighted by Crippen LogP contribution is 2.14. The molecular weight excluding hydrogens is 294 g/mol. The van der Waals surface area contributed by atoms with Crippen molar-refractivity contribution in [2.24, 2.45) is 0 Å². The van der Waals surface area contributed by atoms with Crippen molar-refractivity contribution in [1.29, 1.82) is 0 Å². The Kier molecular flexibility index (Phi) is 4.65. The lowest BCUT2D eigenvalue weighted by Crippen LogP contribution is -2.21. The minimum atomic E-state index is -2.93. The van der Waals surface area contributed by atoms with Crippen molar-refractivity contribution in [2.45, 2.75) is 26.3 Å². The van der Waals surface area contributed by atoms with Gasteiger partial charge in [-0.15, -0.1) is 0 Å². The molecular formula is C15H14F2N2O3. The molecule has 0 aliphatic carbocycles. The number of alkyl halides is 2. The van der Waals surface area contributed by atoms with Crippen molar-refractivity contribution in [1.82, 2.24) is 9.55 Å². The summed E-state index contributed by atoms with van der Waals surface area (Å²) in [4.78, 5) is 27.7. The van der Waals surface area contributed by atoms with Crippen molar-refractivity contribution < 1.29 is 18.0 Å². The number of carbonyl (C=O) groups excluding carboxylic acids is 1. The first kappa shape index (κ1) is 15.8. The number of allylic oxidation sites excluding steroid dienone is 1. The number of halogens is 2. The minimum absolute atomic E-state index is 0.0104. The van der Waals surface area contributed by atoms with Gasteiger partial charge in [-0.05, 0) is 24.3 Å². The molecule has 2 heterocycles. The van der Waals surface area contributed by atoms with Gasteiger partial charge in [-0.25, -0.2) is 4.98 Å². The Balaban J connectivity index is 2.23. The lowest BCUT2D eigenvalue weighted by molar-refractivity contribution is 0.0663. The normalized spacial score (nSPS) is 11.7. The minimum Gasteiger partial charge on any atom is -0.448 e. The van der Waals surface area contributed by atoms with Gasteiger partial charge in [-0.2, -0.15) is 8.78 Å². The van der Waals surface area contributed by atoms with Crippen LogP contribution in [0.3, 0.4) is 0 Å². The first-order chi connectivity index (χ1) is 10.4. The third kappa shape index (κ3) is 3.36. The smallest absolute Gasteiger partial charge is 0.321 e. The molecule has 0 aliphatic rings. The van der Waals surface area contributed by atoms with Gasteiger partial charge in [0.05, 0.1) is 0 Å². The summed E-state index contributed by atoms with van der Waals surface area (Å²) in [7, 11) is 0. The van der Waals surface area contributed by atoms with Gasteiger partial charge >= 0.3 is 6.55 Å². The second-order valence-electron chi connectivity index (χ2n) is 4.88. The number of oxazole rings is 1. The summed E-state index contributed by atoms with van der Waals surface area (Å²) in [6.45, 7) is 0.806. The number of hydrogen-bond donors (Lipinski definition) is 0. The van der Waals surface area contributed by atoms with Crippen LogP contribution in [0.1, 0.15) is 48.3 Å². The van der Waals surface area contributed by atoms with E-state index < -0.39 is 17.9 Å². The number of hydrogen-bond acceptors (Lipinski definition) is 4. The van der Waals surface area contributed by atoms with Gasteiger partial charge in [0.2, 0.25) is 5.78 Å². The fraction of sp³-hybridized carbons (Fsp3) is 0.267. The van der Waals surface area contributed by atoms with E-state index in [9.17, 15) is 18.4 Å². The zero-order valence-corrected chi connectivity index (χ0v) is 12.0. The number of ketones is 1. The molecule has 116 valence electrons. The van der Waals surface area contributed by atoms with Gasteiger partial charge in [0.15, 0.2) is 5.89 Å². The van der Waals surface area contributed by atoms with Crippen LogP contribution in [-0.2, 0) is 0 Å². The SMILES string of the molecule is CC(C)c1nc(C(=O)/C=C/c2cccn(C(F)F)c2=O)co1. The maximum absolute atomic E-state index is 12.6. The van der Waals surface area contributed by atoms with Gasteiger partial charge in [0.25, 0.3) is 5.56 Å². The van der Waals surface area contributed by atoms with E-state index in [2.05, 4.69) is 4.98 Å². The third-order valence-electron chi connectivity index (χ3n) is 2.90. The summed E-state index contributed by atoms with van der Waals surface area (Å²) >= 11 is 0. The average molecular weight is 308 g/mol. The second kappa shape index (κ2) is 6.46. The lowest BCUT2D eigenvalue weighted by Gasteiger charge is -2.03. The Hall–Kier alpha value is -2.57. The maximum Gasteiger partial charge on any atom is 0.321 e. The van der Waals surface area contributed by atoms with E-state index in [1.165, 1.54) is 24.5 Å². The second-order valence-corrected chi connectivity index (χ2v) is 4.88. The van der Waals surface area contributed by atoms with Gasteiger partial charge in [-0.1, -0.05) is 13.8 Å². The van der Waals surface area contributed by atoms with Crippen LogP contribution in [0.15, 0.2) is 39.9 Å². The third-order valence-corrected chi connectivity index (χ3v) is 2.90. The molecule has 0 atom stereocenters. The molecule has 2 rings (SSSR count). The summed E-state index contributed by atoms with van der Waals surface area (Å²) in [6.07, 6.45) is 4.50. The number of rotatable bonds is 5. The zero-order chi connectivity index (χ0) is 16.3. The van der Waals surface area contributed by atoms with E-state index in [1.54, 1.807) is 0 Å². The van der Waals surface area contributed by atoms with E-state index in [4.69, 9.17) is 4.42 Å². The Morgan fingerprint density at radius 1 is 1.41 bits per heavy atom. The van der Waals surface area contributed by atoms with E-state index in [0.29, 0.717) is 5.89 Å². The highest BCUT2D eigenvalue weighted by Gasteiger charge is 2.13. The van der Waals surface area contributed by atoms with E-state index in [-0.39, 0.29) is 21.7 Å². The molecule has 7 heteroatoms. The van der Waals surface area contributed by atoms with Crippen LogP contribution < -0.4 is 5.56 Å². The van der Waals surface area contributed by atoms with Gasteiger partial charge in [-0.3, -0.25) is 14.2 Å². The molecule has 0 spiro atoms. The van der Waals surface area contributed by atoms with E-state index in [0.717, 1.165) is 12.3 Å². The predicted octanol–water partition coefficient (Wildman–Crippen LogP) is 3.25. The molecule has 0 saturated heterocycles. The van der Waals surface area contributed by atoms with Crippen molar-refractivity contribution in [3.05, 3.63) is 58.2 Å². The van der Waals surface area contributed by atoms with Crippen molar-refractivity contribution in [2.75, 3.05) is 0 Å². The van der Waals surface area contributed by atoms with E-state index in [1.807, 2.05) is 13.8 Å². The van der Waals surface area contributed by atoms with Crippen molar-refractivity contribution >= 4 is 11.9 Å². The largest absolute Gasteiger partial charge is 0.448 e. The van der Waals surface area contributed by atoms with Crippen LogP contribution in [0, 0.1) is 0 Å². The van der Waals surface area contributed by atoms with Crippen LogP contribution in [0.25, 0.3) is 6.08 Å². The molecule has 0 amide bonds. The van der Waals surface area contributed by atoms with Gasteiger partial charge < -0.3 is 4.42 Å². The average Bonchev–Trinajstić information content (AvgIpc) is 2.95. The molecule has 2 aromatic heterocycles. The number of aromatic nitrogens is 2. The summed E-state index contributed by atoms with van der Waals surface area (Å²) < 4.78 is 30.6. The number of carbonyl (C=O) groups is 1. The first-order valence-corrected chi connectivity index (χ1v) is 6.57. The first-order valence-electron chi connectivity index (χ1n) is 6.57. The van der Waals surface area contributed by atoms with Crippen LogP contribution in [0.5, 0.6) is 0 Å². The predicted molar refractivity (Wildman–Crippen MR) is 75.9 cm³/mol. The van der Waals surface area contributed by atoms with Crippen molar-refractivity contribution in [3.8, 4) is 0 Å². The fourth-order valence-electron chi connectivity index (χ4n) is 1.72. The molecule has 5 nitrogen and oxygen atoms in total. The number of pyridine rings is 1. The molecule has 0 saturated carbocycles. The topological polar surface area (TPSA) is 65.1 Å². The molecule has 0 aromatic carbocycles. The van der Waals surface area contributed by atoms with Crippen LogP contribution in [0.2, 0.25) is 0 Å². The Morgan fingerprint density at radius 3 is 2.73 bits per heavy atom. The van der Waals surface area contributed by atoms with Crippen molar-refractivity contribution in [3.63, 3.8) is 0 Å². The molecule has 0 fully saturated rings. The van der Waals surface area contributed by atoms with Gasteiger partial charge in [0.1, 0.15) is 12.0 Å². The number of nitrogens with zero attached hydrogens (tertiary/aromatic N) is 2. The summed E-state index contributed by atoms with van der Waals surface area (Å²) in [5.41, 5.74) is -0.779. The highest BCUT2D eigenvalue weighted by molar-refractivity contribution is 6.05. The lowest BCUT2D eigenvalue weighted by atomic mass is 10.2. The Bertz CT molecular complexity index is 760. The molecule has 0 N–H and O–H groups in total. The summed E-state index contributed by atoms with van der Waals surface area (Å²) in [5.74, 6) is -0.00286. The molecule has 0 unspecified atom stereocenters.